The van der Waals surface area contributed by atoms with Crippen LogP contribution in [0.5, 0.6) is 5.75 Å². The van der Waals surface area contributed by atoms with Crippen LogP contribution in [-0.2, 0) is 4.79 Å². The van der Waals surface area contributed by atoms with Crippen LogP contribution >= 0.6 is 11.3 Å². The molecule has 0 saturated heterocycles. The number of aromatic nitrogens is 1. The second kappa shape index (κ2) is 6.41. The highest BCUT2D eigenvalue weighted by molar-refractivity contribution is 7.19. The number of para-hydroxylation sites is 1. The lowest BCUT2D eigenvalue weighted by Crippen LogP contribution is -2.07. The van der Waals surface area contributed by atoms with Crippen LogP contribution in [0.25, 0.3) is 16.3 Å². The molecule has 0 aliphatic rings. The van der Waals surface area contributed by atoms with E-state index in [1.54, 1.807) is 30.6 Å². The number of nitrogens with one attached hydrogen (secondary N) is 1. The summed E-state index contributed by atoms with van der Waals surface area (Å²) in [4.78, 5) is 16.4. The fraction of sp³-hybridized carbons (Fsp3) is 0.0588. The van der Waals surface area contributed by atoms with Gasteiger partial charge in [-0.05, 0) is 30.3 Å². The molecule has 3 rings (SSSR count). The van der Waals surface area contributed by atoms with E-state index in [9.17, 15) is 4.79 Å². The lowest BCUT2D eigenvalue weighted by Gasteiger charge is -2.04. The molecule has 0 bridgehead atoms. The first-order chi connectivity index (χ1) is 10.7. The van der Waals surface area contributed by atoms with Crippen molar-refractivity contribution in [1.29, 1.82) is 0 Å². The summed E-state index contributed by atoms with van der Waals surface area (Å²) in [5.74, 6) is 0.500. The van der Waals surface area contributed by atoms with E-state index in [2.05, 4.69) is 10.3 Å². The minimum atomic E-state index is -0.201. The summed E-state index contributed by atoms with van der Waals surface area (Å²) in [6.45, 7) is 0. The summed E-state index contributed by atoms with van der Waals surface area (Å²) in [5.41, 5.74) is 1.64. The van der Waals surface area contributed by atoms with Crippen LogP contribution in [0, 0.1) is 0 Å². The Kier molecular flexibility index (Phi) is 4.16. The number of benzene rings is 2. The van der Waals surface area contributed by atoms with Crippen molar-refractivity contribution >= 4 is 39.2 Å². The first-order valence-corrected chi connectivity index (χ1v) is 7.55. The van der Waals surface area contributed by atoms with Crippen molar-refractivity contribution in [3.05, 3.63) is 59.6 Å². The van der Waals surface area contributed by atoms with Gasteiger partial charge in [-0.15, -0.1) is 11.3 Å². The van der Waals surface area contributed by atoms with Crippen LogP contribution < -0.4 is 10.1 Å². The zero-order valence-corrected chi connectivity index (χ0v) is 12.8. The predicted molar refractivity (Wildman–Crippen MR) is 90.3 cm³/mol. The number of anilines is 1. The number of hydrogen-bond acceptors (Lipinski definition) is 4. The number of carbonyl (C=O) groups excluding carboxylic acids is 1. The number of ether oxygens (including phenoxy) is 1. The van der Waals surface area contributed by atoms with Gasteiger partial charge in [-0.25, -0.2) is 4.98 Å². The lowest BCUT2D eigenvalue weighted by molar-refractivity contribution is -0.111. The average Bonchev–Trinajstić information content (AvgIpc) is 2.96. The van der Waals surface area contributed by atoms with Crippen molar-refractivity contribution in [3.63, 3.8) is 0 Å². The molecule has 1 aromatic heterocycles. The van der Waals surface area contributed by atoms with E-state index in [0.717, 1.165) is 15.2 Å². The minimum Gasteiger partial charge on any atom is -0.497 e. The Labute approximate surface area is 132 Å². The van der Waals surface area contributed by atoms with E-state index in [-0.39, 0.29) is 5.91 Å². The summed E-state index contributed by atoms with van der Waals surface area (Å²) in [5, 5.41) is 3.60. The molecule has 5 heteroatoms. The molecule has 2 aromatic carbocycles. The summed E-state index contributed by atoms with van der Waals surface area (Å²) >= 11 is 1.55. The van der Waals surface area contributed by atoms with E-state index in [1.165, 1.54) is 6.08 Å². The molecule has 0 radical (unpaired) electrons. The number of fused-ring (bicyclic) bond motifs is 1. The third-order valence-corrected chi connectivity index (χ3v) is 4.03. The van der Waals surface area contributed by atoms with Gasteiger partial charge in [0.05, 0.1) is 17.3 Å². The summed E-state index contributed by atoms with van der Waals surface area (Å²) < 4.78 is 6.23. The second-order valence-corrected chi connectivity index (χ2v) is 5.64. The Bertz CT molecular complexity index is 806. The monoisotopic (exact) mass is 310 g/mol. The van der Waals surface area contributed by atoms with Crippen molar-refractivity contribution in [3.8, 4) is 5.75 Å². The number of hydrogen-bond donors (Lipinski definition) is 1. The zero-order valence-electron chi connectivity index (χ0n) is 11.9. The summed E-state index contributed by atoms with van der Waals surface area (Å²) in [6.07, 6.45) is 3.21. The molecule has 1 amide bonds. The van der Waals surface area contributed by atoms with Crippen LogP contribution in [0.3, 0.4) is 0 Å². The highest BCUT2D eigenvalue weighted by atomic mass is 32.1. The second-order valence-electron chi connectivity index (χ2n) is 4.57. The Morgan fingerprint density at radius 1 is 1.23 bits per heavy atom. The maximum Gasteiger partial charge on any atom is 0.248 e. The van der Waals surface area contributed by atoms with Crippen LogP contribution in [0.15, 0.2) is 54.6 Å². The van der Waals surface area contributed by atoms with Gasteiger partial charge in [-0.1, -0.05) is 18.2 Å². The third kappa shape index (κ3) is 3.32. The standard InChI is InChI=1S/C17H14N2O2S/c1-21-13-6-4-5-12(11-13)18-16(20)9-10-17-19-14-7-2-3-8-15(14)22-17/h2-11H,1H3,(H,18,20)/b10-9+. The van der Waals surface area contributed by atoms with Crippen molar-refractivity contribution in [2.24, 2.45) is 0 Å². The number of nitrogens with zero attached hydrogens (tertiary/aromatic N) is 1. The maximum atomic E-state index is 11.9. The van der Waals surface area contributed by atoms with Crippen molar-refractivity contribution in [2.75, 3.05) is 12.4 Å². The molecular weight excluding hydrogens is 296 g/mol. The molecule has 0 spiro atoms. The number of rotatable bonds is 4. The van der Waals surface area contributed by atoms with Crippen LogP contribution in [0.1, 0.15) is 5.01 Å². The van der Waals surface area contributed by atoms with Gasteiger partial charge in [-0.3, -0.25) is 4.79 Å². The van der Waals surface area contributed by atoms with Crippen molar-refractivity contribution < 1.29 is 9.53 Å². The minimum absolute atomic E-state index is 0.201. The Hall–Kier alpha value is -2.66. The quantitative estimate of drug-likeness (QED) is 0.742. The van der Waals surface area contributed by atoms with Gasteiger partial charge in [0.15, 0.2) is 0 Å². The van der Waals surface area contributed by atoms with E-state index in [1.807, 2.05) is 42.5 Å². The largest absolute Gasteiger partial charge is 0.497 e. The Morgan fingerprint density at radius 2 is 2.09 bits per heavy atom. The maximum absolute atomic E-state index is 11.9. The number of carbonyl (C=O) groups is 1. The number of amides is 1. The van der Waals surface area contributed by atoms with Crippen molar-refractivity contribution in [2.45, 2.75) is 0 Å². The van der Waals surface area contributed by atoms with E-state index in [0.29, 0.717) is 11.4 Å². The van der Waals surface area contributed by atoms with Gasteiger partial charge >= 0.3 is 0 Å². The average molecular weight is 310 g/mol. The van der Waals surface area contributed by atoms with Crippen LogP contribution in [0.2, 0.25) is 0 Å². The molecule has 1 N–H and O–H groups in total. The zero-order chi connectivity index (χ0) is 15.4. The van der Waals surface area contributed by atoms with Crippen LogP contribution in [0.4, 0.5) is 5.69 Å². The fourth-order valence-corrected chi connectivity index (χ4v) is 2.86. The summed E-state index contributed by atoms with van der Waals surface area (Å²) in [6, 6.07) is 15.1. The highest BCUT2D eigenvalue weighted by Crippen LogP contribution is 2.22. The molecule has 0 aliphatic carbocycles. The Balaban J connectivity index is 1.70. The molecule has 1 heterocycles. The molecule has 0 fully saturated rings. The molecule has 0 saturated carbocycles. The van der Waals surface area contributed by atoms with Crippen LogP contribution in [-0.4, -0.2) is 18.0 Å². The molecule has 0 atom stereocenters. The molecule has 4 nitrogen and oxygen atoms in total. The first-order valence-electron chi connectivity index (χ1n) is 6.73. The van der Waals surface area contributed by atoms with Gasteiger partial charge in [0, 0.05) is 17.8 Å². The van der Waals surface area contributed by atoms with Gasteiger partial charge in [-0.2, -0.15) is 0 Å². The smallest absolute Gasteiger partial charge is 0.248 e. The molecule has 110 valence electrons. The van der Waals surface area contributed by atoms with Gasteiger partial charge in [0.1, 0.15) is 10.8 Å². The van der Waals surface area contributed by atoms with E-state index < -0.39 is 0 Å². The topological polar surface area (TPSA) is 51.2 Å². The molecule has 0 unspecified atom stereocenters. The summed E-state index contributed by atoms with van der Waals surface area (Å²) in [7, 11) is 1.59. The highest BCUT2D eigenvalue weighted by Gasteiger charge is 2.02. The molecule has 3 aromatic rings. The SMILES string of the molecule is COc1cccc(NC(=O)/C=C/c2nc3ccccc3s2)c1. The molecular formula is C17H14N2O2S. The molecule has 0 aliphatic heterocycles. The van der Waals surface area contributed by atoms with E-state index in [4.69, 9.17) is 4.74 Å². The van der Waals surface area contributed by atoms with E-state index >= 15 is 0 Å². The number of thiazole rings is 1. The van der Waals surface area contributed by atoms with Crippen molar-refractivity contribution in [1.82, 2.24) is 4.98 Å². The lowest BCUT2D eigenvalue weighted by atomic mass is 10.3. The first kappa shape index (κ1) is 14.3. The van der Waals surface area contributed by atoms with Gasteiger partial charge in [0.2, 0.25) is 5.91 Å². The van der Waals surface area contributed by atoms with Gasteiger partial charge in [0.25, 0.3) is 0 Å². The third-order valence-electron chi connectivity index (χ3n) is 3.02. The van der Waals surface area contributed by atoms with Gasteiger partial charge < -0.3 is 10.1 Å². The fourth-order valence-electron chi connectivity index (χ4n) is 1.99. The normalized spacial score (nSPS) is 11.0. The Morgan fingerprint density at radius 3 is 2.91 bits per heavy atom. The number of methoxy groups -OCH3 is 1. The molecule has 22 heavy (non-hydrogen) atoms. The predicted octanol–water partition coefficient (Wildman–Crippen LogP) is 3.96.